The van der Waals surface area contributed by atoms with Gasteiger partial charge in [-0.05, 0) is 38.7 Å². The van der Waals surface area contributed by atoms with Crippen molar-refractivity contribution in [1.29, 1.82) is 0 Å². The monoisotopic (exact) mass is 532 g/mol. The van der Waals surface area contributed by atoms with Crippen LogP contribution in [0.1, 0.15) is 168 Å². The summed E-state index contributed by atoms with van der Waals surface area (Å²) in [5.41, 5.74) is 0.884. The van der Waals surface area contributed by atoms with E-state index in [2.05, 4.69) is 6.92 Å². The van der Waals surface area contributed by atoms with Gasteiger partial charge in [-0.1, -0.05) is 135 Å². The fourth-order valence-electron chi connectivity index (χ4n) is 6.26. The van der Waals surface area contributed by atoms with Crippen LogP contribution in [0.5, 0.6) is 0 Å². The van der Waals surface area contributed by atoms with Crippen molar-refractivity contribution in [3.05, 3.63) is 11.6 Å². The molecular weight excluding hydrogens is 472 g/mol. The minimum Gasteiger partial charge on any atom is -0.455 e. The molecule has 0 aromatic heterocycles. The van der Waals surface area contributed by atoms with Crippen LogP contribution in [0.4, 0.5) is 0 Å². The first-order chi connectivity index (χ1) is 18.7. The van der Waals surface area contributed by atoms with Gasteiger partial charge < -0.3 is 14.2 Å². The van der Waals surface area contributed by atoms with Crippen LogP contribution in [0.15, 0.2) is 11.6 Å². The van der Waals surface area contributed by atoms with Crippen LogP contribution < -0.4 is 0 Å². The first kappa shape index (κ1) is 31.7. The number of carbonyl (C=O) groups excluding carboxylic acids is 1. The molecule has 0 aromatic carbocycles. The van der Waals surface area contributed by atoms with E-state index < -0.39 is 0 Å². The molecule has 3 rings (SSSR count). The van der Waals surface area contributed by atoms with Crippen LogP contribution >= 0.6 is 0 Å². The zero-order valence-electron chi connectivity index (χ0n) is 25.1. The quantitative estimate of drug-likeness (QED) is 0.0632. The highest BCUT2D eigenvalue weighted by molar-refractivity contribution is 5.90. The number of esters is 1. The summed E-state index contributed by atoms with van der Waals surface area (Å²) < 4.78 is 17.1. The van der Waals surface area contributed by atoms with E-state index in [1.54, 1.807) is 0 Å². The number of hydrogen-bond donors (Lipinski definition) is 0. The van der Waals surface area contributed by atoms with E-state index in [0.29, 0.717) is 24.4 Å². The third kappa shape index (κ3) is 13.5. The summed E-state index contributed by atoms with van der Waals surface area (Å²) in [6, 6.07) is 0. The largest absolute Gasteiger partial charge is 0.455 e. The molecule has 0 aliphatic carbocycles. The molecule has 38 heavy (non-hydrogen) atoms. The van der Waals surface area contributed by atoms with E-state index in [-0.39, 0.29) is 12.1 Å². The van der Waals surface area contributed by atoms with Crippen LogP contribution in [-0.4, -0.2) is 36.5 Å². The number of ether oxygens (including phenoxy) is 3. The molecule has 0 amide bonds. The van der Waals surface area contributed by atoms with E-state index in [1.165, 1.54) is 141 Å². The average Bonchev–Trinajstić information content (AvgIpc) is 3.81. The second kappa shape index (κ2) is 19.2. The van der Waals surface area contributed by atoms with Gasteiger partial charge in [0.1, 0.15) is 18.3 Å². The van der Waals surface area contributed by atoms with E-state index in [9.17, 15) is 4.79 Å². The molecule has 4 nitrogen and oxygen atoms in total. The Balaban J connectivity index is 1.00. The first-order valence-electron chi connectivity index (χ1n) is 16.9. The molecule has 0 aromatic rings. The predicted molar refractivity (Wildman–Crippen MR) is 157 cm³/mol. The highest BCUT2D eigenvalue weighted by atomic mass is 16.7. The molecule has 3 aliphatic rings. The van der Waals surface area contributed by atoms with Crippen molar-refractivity contribution in [2.45, 2.75) is 198 Å². The zero-order valence-corrected chi connectivity index (χ0v) is 25.1. The van der Waals surface area contributed by atoms with E-state index in [1.807, 2.05) is 13.0 Å². The lowest BCUT2D eigenvalue weighted by Gasteiger charge is -2.03. The molecule has 2 saturated heterocycles. The average molecular weight is 533 g/mol. The number of hydrogen-bond acceptors (Lipinski definition) is 4. The van der Waals surface area contributed by atoms with E-state index in [0.717, 1.165) is 18.4 Å². The predicted octanol–water partition coefficient (Wildman–Crippen LogP) is 9.78. The number of epoxide rings is 2. The van der Waals surface area contributed by atoms with Gasteiger partial charge in [-0.25, -0.2) is 4.79 Å². The Hall–Kier alpha value is -0.870. The normalized spacial score (nSPS) is 26.0. The fourth-order valence-corrected chi connectivity index (χ4v) is 6.26. The maximum atomic E-state index is 11.6. The van der Waals surface area contributed by atoms with Crippen LogP contribution in [0, 0.1) is 0 Å². The second-order valence-electron chi connectivity index (χ2n) is 12.5. The van der Waals surface area contributed by atoms with Gasteiger partial charge in [-0.15, -0.1) is 0 Å². The second-order valence-corrected chi connectivity index (χ2v) is 12.5. The lowest BCUT2D eigenvalue weighted by Crippen LogP contribution is -2.06. The van der Waals surface area contributed by atoms with Crippen molar-refractivity contribution in [3.63, 3.8) is 0 Å². The molecular formula is C34H60O4. The molecule has 3 aliphatic heterocycles. The van der Waals surface area contributed by atoms with Gasteiger partial charge in [0.05, 0.1) is 12.2 Å². The van der Waals surface area contributed by atoms with Crippen LogP contribution in [0.3, 0.4) is 0 Å². The van der Waals surface area contributed by atoms with Crippen molar-refractivity contribution in [2.24, 2.45) is 0 Å². The molecule has 2 fully saturated rings. The summed E-state index contributed by atoms with van der Waals surface area (Å²) in [5.74, 6) is -0.104. The molecule has 0 radical (unpaired) electrons. The molecule has 0 N–H and O–H groups in total. The lowest BCUT2D eigenvalue weighted by atomic mass is 10.0. The molecule has 0 spiro atoms. The summed E-state index contributed by atoms with van der Waals surface area (Å²) in [7, 11) is 0. The van der Waals surface area contributed by atoms with Gasteiger partial charge in [0.15, 0.2) is 0 Å². The van der Waals surface area contributed by atoms with Gasteiger partial charge in [-0.3, -0.25) is 0 Å². The Bertz CT molecular complexity index is 659. The summed E-state index contributed by atoms with van der Waals surface area (Å²) in [6.45, 7) is 4.22. The Kier molecular flexibility index (Phi) is 16.0. The maximum Gasteiger partial charge on any atom is 0.334 e. The highest BCUT2D eigenvalue weighted by Gasteiger charge is 2.56. The number of unbranched alkanes of at least 4 members (excludes halogenated alkanes) is 19. The molecule has 220 valence electrons. The molecule has 3 heterocycles. The molecule has 0 saturated carbocycles. The van der Waals surface area contributed by atoms with Gasteiger partial charge in [0.2, 0.25) is 0 Å². The van der Waals surface area contributed by atoms with Gasteiger partial charge in [0, 0.05) is 5.57 Å². The standard InChI is InChI=1S/C34H60O4/c1-3-4-5-6-7-8-9-10-11-12-13-14-15-19-22-25-30-32(37-30)33-31(38-33)26-23-20-17-16-18-21-24-29-27-28(2)36-34(29)35/h27-28,30-33H,3-26H2,1-2H3/t28-,30?,31?,32?,33?/m0/s1. The fraction of sp³-hybridized carbons (Fsp3) is 0.912. The number of carbonyl (C=O) groups is 1. The van der Waals surface area contributed by atoms with Gasteiger partial charge in [-0.2, -0.15) is 0 Å². The van der Waals surface area contributed by atoms with Crippen molar-refractivity contribution in [1.82, 2.24) is 0 Å². The minimum absolute atomic E-state index is 0.0313. The van der Waals surface area contributed by atoms with Crippen molar-refractivity contribution in [3.8, 4) is 0 Å². The Morgan fingerprint density at radius 1 is 0.579 bits per heavy atom. The SMILES string of the molecule is CCCCCCCCCCCCCCCCCC1OC1C1OC1CCCCCCCCC1=C[C@H](C)OC1=O. The molecule has 5 atom stereocenters. The van der Waals surface area contributed by atoms with Crippen molar-refractivity contribution < 1.29 is 19.0 Å². The molecule has 0 bridgehead atoms. The van der Waals surface area contributed by atoms with Crippen molar-refractivity contribution >= 4 is 5.97 Å². The number of cyclic esters (lactones) is 1. The third-order valence-electron chi connectivity index (χ3n) is 8.84. The molecule has 4 heteroatoms. The highest BCUT2D eigenvalue weighted by Crippen LogP contribution is 2.42. The lowest BCUT2D eigenvalue weighted by molar-refractivity contribution is -0.139. The number of rotatable bonds is 26. The first-order valence-corrected chi connectivity index (χ1v) is 16.9. The maximum absolute atomic E-state index is 11.6. The van der Waals surface area contributed by atoms with Crippen molar-refractivity contribution in [2.75, 3.05) is 0 Å². The zero-order chi connectivity index (χ0) is 26.8. The summed E-state index contributed by atoms with van der Waals surface area (Å²) in [6.07, 6.45) is 35.8. The summed E-state index contributed by atoms with van der Waals surface area (Å²) in [5, 5.41) is 0. The third-order valence-corrected chi connectivity index (χ3v) is 8.84. The smallest absolute Gasteiger partial charge is 0.334 e. The molecule has 4 unspecified atom stereocenters. The van der Waals surface area contributed by atoms with Crippen LogP contribution in [0.25, 0.3) is 0 Å². The van der Waals surface area contributed by atoms with Crippen LogP contribution in [0.2, 0.25) is 0 Å². The topological polar surface area (TPSA) is 51.4 Å². The minimum atomic E-state index is -0.104. The van der Waals surface area contributed by atoms with Gasteiger partial charge in [0.25, 0.3) is 0 Å². The summed E-state index contributed by atoms with van der Waals surface area (Å²) in [4.78, 5) is 11.6. The van der Waals surface area contributed by atoms with Crippen LogP contribution in [-0.2, 0) is 19.0 Å². The Labute approximate surface area is 235 Å². The Morgan fingerprint density at radius 3 is 1.37 bits per heavy atom. The van der Waals surface area contributed by atoms with Gasteiger partial charge >= 0.3 is 5.97 Å². The Morgan fingerprint density at radius 2 is 0.974 bits per heavy atom. The summed E-state index contributed by atoms with van der Waals surface area (Å²) >= 11 is 0. The van der Waals surface area contributed by atoms with E-state index in [4.69, 9.17) is 14.2 Å². The van der Waals surface area contributed by atoms with E-state index >= 15 is 0 Å².